The summed E-state index contributed by atoms with van der Waals surface area (Å²) in [5.41, 5.74) is 2.31. The summed E-state index contributed by atoms with van der Waals surface area (Å²) in [6.07, 6.45) is 3.26. The zero-order valence-corrected chi connectivity index (χ0v) is 12.8. The Hall–Kier alpha value is -1.61. The quantitative estimate of drug-likeness (QED) is 0.772. The van der Waals surface area contributed by atoms with Gasteiger partial charge in [-0.3, -0.25) is 9.48 Å². The minimum Gasteiger partial charge on any atom is -0.294 e. The Kier molecular flexibility index (Phi) is 4.61. The van der Waals surface area contributed by atoms with Gasteiger partial charge < -0.3 is 0 Å². The highest BCUT2D eigenvalue weighted by molar-refractivity contribution is 6.31. The molecule has 1 atom stereocenters. The molecule has 2 rings (SSSR count). The zero-order valence-electron chi connectivity index (χ0n) is 12.1. The number of ketones is 1. The van der Waals surface area contributed by atoms with Crippen LogP contribution in [0.1, 0.15) is 47.9 Å². The maximum absolute atomic E-state index is 12.3. The average Bonchev–Trinajstić information content (AvgIpc) is 2.89. The van der Waals surface area contributed by atoms with Crippen molar-refractivity contribution in [1.29, 1.82) is 0 Å². The number of aromatic nitrogens is 2. The van der Waals surface area contributed by atoms with Crippen molar-refractivity contribution in [3.8, 4) is 0 Å². The van der Waals surface area contributed by atoms with Crippen molar-refractivity contribution in [3.63, 3.8) is 0 Å². The Morgan fingerprint density at radius 2 is 2.15 bits per heavy atom. The van der Waals surface area contributed by atoms with Crippen molar-refractivity contribution >= 4 is 17.4 Å². The first-order chi connectivity index (χ1) is 9.52. The molecular formula is C16H19ClN2O. The highest BCUT2D eigenvalue weighted by Gasteiger charge is 2.14. The van der Waals surface area contributed by atoms with Crippen LogP contribution < -0.4 is 0 Å². The summed E-state index contributed by atoms with van der Waals surface area (Å²) in [6.45, 7) is 6.10. The molecule has 0 aliphatic rings. The van der Waals surface area contributed by atoms with Gasteiger partial charge in [0.15, 0.2) is 5.78 Å². The van der Waals surface area contributed by atoms with Crippen LogP contribution in [-0.4, -0.2) is 15.6 Å². The molecule has 0 bridgehead atoms. The van der Waals surface area contributed by atoms with E-state index in [-0.39, 0.29) is 5.78 Å². The molecule has 4 heteroatoms. The normalized spacial score (nSPS) is 12.4. The van der Waals surface area contributed by atoms with Crippen LogP contribution in [0.3, 0.4) is 0 Å². The molecule has 0 fully saturated rings. The molecule has 0 saturated heterocycles. The summed E-state index contributed by atoms with van der Waals surface area (Å²) in [5.74, 6) is 0.0550. The van der Waals surface area contributed by atoms with Crippen LogP contribution in [0, 0.1) is 6.92 Å². The third kappa shape index (κ3) is 3.10. The van der Waals surface area contributed by atoms with Gasteiger partial charge in [0.05, 0.1) is 12.1 Å². The minimum absolute atomic E-state index is 0.0550. The van der Waals surface area contributed by atoms with Crippen LogP contribution in [0.25, 0.3) is 0 Å². The van der Waals surface area contributed by atoms with E-state index in [2.05, 4.69) is 18.9 Å². The van der Waals surface area contributed by atoms with E-state index in [0.29, 0.717) is 23.0 Å². The van der Waals surface area contributed by atoms with Gasteiger partial charge in [-0.2, -0.15) is 5.10 Å². The van der Waals surface area contributed by atoms with Gasteiger partial charge in [0.1, 0.15) is 0 Å². The first kappa shape index (κ1) is 14.8. The summed E-state index contributed by atoms with van der Waals surface area (Å²) in [7, 11) is 0. The van der Waals surface area contributed by atoms with Crippen LogP contribution in [0.4, 0.5) is 0 Å². The van der Waals surface area contributed by atoms with E-state index in [9.17, 15) is 4.79 Å². The van der Waals surface area contributed by atoms with Gasteiger partial charge in [-0.25, -0.2) is 0 Å². The topological polar surface area (TPSA) is 34.9 Å². The fourth-order valence-corrected chi connectivity index (χ4v) is 2.25. The number of benzene rings is 1. The third-order valence-electron chi connectivity index (χ3n) is 3.62. The van der Waals surface area contributed by atoms with Crippen LogP contribution in [0.2, 0.25) is 5.02 Å². The predicted octanol–water partition coefficient (Wildman–Crippen LogP) is 4.24. The van der Waals surface area contributed by atoms with Crippen molar-refractivity contribution in [2.45, 2.75) is 39.7 Å². The number of hydrogen-bond acceptors (Lipinski definition) is 2. The van der Waals surface area contributed by atoms with Crippen LogP contribution in [0.15, 0.2) is 30.5 Å². The van der Waals surface area contributed by atoms with Gasteiger partial charge in [-0.1, -0.05) is 30.7 Å². The van der Waals surface area contributed by atoms with Crippen LogP contribution in [0.5, 0.6) is 0 Å². The van der Waals surface area contributed by atoms with Crippen molar-refractivity contribution in [2.24, 2.45) is 0 Å². The molecule has 1 unspecified atom stereocenters. The molecule has 0 spiro atoms. The fourth-order valence-electron chi connectivity index (χ4n) is 2.07. The number of hydrogen-bond donors (Lipinski definition) is 0. The van der Waals surface area contributed by atoms with Crippen molar-refractivity contribution in [1.82, 2.24) is 9.78 Å². The first-order valence-electron chi connectivity index (χ1n) is 6.85. The second-order valence-corrected chi connectivity index (χ2v) is 5.46. The highest BCUT2D eigenvalue weighted by Crippen LogP contribution is 2.20. The smallest absolute Gasteiger partial charge is 0.169 e. The number of halogens is 1. The summed E-state index contributed by atoms with van der Waals surface area (Å²) in [4.78, 5) is 12.3. The molecule has 0 radical (unpaired) electrons. The summed E-state index contributed by atoms with van der Waals surface area (Å²) >= 11 is 6.05. The Morgan fingerprint density at radius 1 is 1.40 bits per heavy atom. The number of nitrogens with zero attached hydrogens (tertiary/aromatic N) is 2. The SMILES string of the molecule is CCC(C)n1ccc(CC(=O)c2cccc(Cl)c2C)n1. The monoisotopic (exact) mass is 290 g/mol. The Balaban J connectivity index is 2.15. The lowest BCUT2D eigenvalue weighted by atomic mass is 10.0. The van der Waals surface area contributed by atoms with Gasteiger partial charge in [0.2, 0.25) is 0 Å². The van der Waals surface area contributed by atoms with E-state index in [0.717, 1.165) is 17.7 Å². The Morgan fingerprint density at radius 3 is 2.85 bits per heavy atom. The molecule has 0 amide bonds. The predicted molar refractivity (Wildman–Crippen MR) is 81.5 cm³/mol. The van der Waals surface area contributed by atoms with Gasteiger partial charge in [0, 0.05) is 22.8 Å². The molecule has 0 aliphatic carbocycles. The lowest BCUT2D eigenvalue weighted by Crippen LogP contribution is -2.09. The lowest BCUT2D eigenvalue weighted by molar-refractivity contribution is 0.0991. The van der Waals surface area contributed by atoms with E-state index in [1.165, 1.54) is 0 Å². The van der Waals surface area contributed by atoms with Crippen LogP contribution in [-0.2, 0) is 6.42 Å². The van der Waals surface area contributed by atoms with Gasteiger partial charge in [0.25, 0.3) is 0 Å². The van der Waals surface area contributed by atoms with E-state index in [4.69, 9.17) is 11.6 Å². The number of rotatable bonds is 5. The molecule has 0 N–H and O–H groups in total. The second-order valence-electron chi connectivity index (χ2n) is 5.06. The second kappa shape index (κ2) is 6.23. The maximum Gasteiger partial charge on any atom is 0.169 e. The zero-order chi connectivity index (χ0) is 14.7. The molecule has 3 nitrogen and oxygen atoms in total. The van der Waals surface area contributed by atoms with E-state index < -0.39 is 0 Å². The number of Topliss-reactive ketones (excluding diaryl/α,β-unsaturated/α-hetero) is 1. The number of carbonyl (C=O) groups is 1. The van der Waals surface area contributed by atoms with Gasteiger partial charge >= 0.3 is 0 Å². The molecule has 1 aromatic heterocycles. The standard InChI is InChI=1S/C16H19ClN2O/c1-4-11(2)19-9-8-13(18-19)10-16(20)14-6-5-7-15(17)12(14)3/h5-9,11H,4,10H2,1-3H3. The van der Waals surface area contributed by atoms with Crippen molar-refractivity contribution < 1.29 is 4.79 Å². The largest absolute Gasteiger partial charge is 0.294 e. The summed E-state index contributed by atoms with van der Waals surface area (Å²) in [5, 5.41) is 5.09. The summed E-state index contributed by atoms with van der Waals surface area (Å²) < 4.78 is 1.91. The van der Waals surface area contributed by atoms with E-state index in [1.54, 1.807) is 12.1 Å². The molecule has 20 heavy (non-hydrogen) atoms. The Labute approximate surface area is 124 Å². The summed E-state index contributed by atoms with van der Waals surface area (Å²) in [6, 6.07) is 7.68. The average molecular weight is 291 g/mol. The number of carbonyl (C=O) groups excluding carboxylic acids is 1. The first-order valence-corrected chi connectivity index (χ1v) is 7.23. The lowest BCUT2D eigenvalue weighted by Gasteiger charge is -2.08. The van der Waals surface area contributed by atoms with E-state index >= 15 is 0 Å². The Bertz CT molecular complexity index is 619. The molecular weight excluding hydrogens is 272 g/mol. The maximum atomic E-state index is 12.3. The highest BCUT2D eigenvalue weighted by atomic mass is 35.5. The van der Waals surface area contributed by atoms with Gasteiger partial charge in [-0.15, -0.1) is 0 Å². The molecule has 1 aromatic carbocycles. The minimum atomic E-state index is 0.0550. The van der Waals surface area contributed by atoms with E-state index in [1.807, 2.05) is 29.9 Å². The molecule has 0 saturated carbocycles. The van der Waals surface area contributed by atoms with Crippen molar-refractivity contribution in [2.75, 3.05) is 0 Å². The molecule has 0 aliphatic heterocycles. The molecule has 1 heterocycles. The van der Waals surface area contributed by atoms with Gasteiger partial charge in [-0.05, 0) is 38.0 Å². The van der Waals surface area contributed by atoms with Crippen LogP contribution >= 0.6 is 11.6 Å². The molecule has 106 valence electrons. The molecule has 2 aromatic rings. The fraction of sp³-hybridized carbons (Fsp3) is 0.375. The third-order valence-corrected chi connectivity index (χ3v) is 4.03. The van der Waals surface area contributed by atoms with Crippen molar-refractivity contribution in [3.05, 3.63) is 52.3 Å².